The van der Waals surface area contributed by atoms with Crippen molar-refractivity contribution in [1.29, 1.82) is 0 Å². The molecule has 0 fully saturated rings. The second-order valence-electron chi connectivity index (χ2n) is 2.38. The third-order valence-corrected chi connectivity index (χ3v) is 1.86. The molecule has 0 radical (unpaired) electrons. The third-order valence-electron chi connectivity index (χ3n) is 1.31. The number of aromatic nitrogens is 1. The number of rotatable bonds is 2. The Labute approximate surface area is 96.1 Å². The van der Waals surface area contributed by atoms with Crippen LogP contribution in [0.3, 0.4) is 0 Å². The Morgan fingerprint density at radius 3 is 2.47 bits per heavy atom. The fraction of sp³-hybridized carbons (Fsp3) is 0.125. The molecule has 0 aromatic carbocycles. The number of halogens is 5. The van der Waals surface area contributed by atoms with Crippen molar-refractivity contribution in [2.24, 2.45) is 0 Å². The minimum absolute atomic E-state index is 0.0427. The van der Waals surface area contributed by atoms with Gasteiger partial charge in [0.25, 0.3) is 0 Å². The SMILES string of the molecule is FC(=CI)c1ccc(OC(F)(F)F)cn1. The highest BCUT2D eigenvalue weighted by molar-refractivity contribution is 14.1. The summed E-state index contributed by atoms with van der Waals surface area (Å²) in [5, 5.41) is 0. The Balaban J connectivity index is 2.82. The lowest BCUT2D eigenvalue weighted by atomic mass is 10.3. The summed E-state index contributed by atoms with van der Waals surface area (Å²) in [6.07, 6.45) is -3.95. The maximum Gasteiger partial charge on any atom is 0.573 e. The average Bonchev–Trinajstić information content (AvgIpc) is 2.15. The van der Waals surface area contributed by atoms with Gasteiger partial charge in [0.2, 0.25) is 0 Å². The van der Waals surface area contributed by atoms with Crippen LogP contribution in [-0.2, 0) is 0 Å². The molecular weight excluding hydrogens is 329 g/mol. The van der Waals surface area contributed by atoms with E-state index in [4.69, 9.17) is 0 Å². The minimum Gasteiger partial charge on any atom is -0.404 e. The van der Waals surface area contributed by atoms with E-state index in [9.17, 15) is 17.6 Å². The summed E-state index contributed by atoms with van der Waals surface area (Å²) in [7, 11) is 0. The molecule has 0 aliphatic rings. The highest BCUT2D eigenvalue weighted by atomic mass is 127. The van der Waals surface area contributed by atoms with E-state index in [0.717, 1.165) is 22.4 Å². The molecule has 0 unspecified atom stereocenters. The van der Waals surface area contributed by atoms with Crippen LogP contribution in [0.25, 0.3) is 5.83 Å². The number of alkyl halides is 3. The van der Waals surface area contributed by atoms with Crippen LogP contribution in [0.2, 0.25) is 0 Å². The summed E-state index contributed by atoms with van der Waals surface area (Å²) < 4.78 is 52.7. The molecule has 0 N–H and O–H groups in total. The Hall–Kier alpha value is -0.860. The van der Waals surface area contributed by atoms with Crippen LogP contribution in [-0.4, -0.2) is 11.3 Å². The van der Waals surface area contributed by atoms with Crippen molar-refractivity contribution in [2.75, 3.05) is 0 Å². The summed E-state index contributed by atoms with van der Waals surface area (Å²) in [5.41, 5.74) is -0.0427. The number of nitrogens with zero attached hydrogens (tertiary/aromatic N) is 1. The predicted molar refractivity (Wildman–Crippen MR) is 54.0 cm³/mol. The third kappa shape index (κ3) is 4.02. The largest absolute Gasteiger partial charge is 0.573 e. The molecule has 0 aliphatic carbocycles. The second kappa shape index (κ2) is 4.77. The van der Waals surface area contributed by atoms with Gasteiger partial charge in [0.05, 0.1) is 11.9 Å². The van der Waals surface area contributed by atoms with E-state index in [1.165, 1.54) is 0 Å². The molecule has 0 saturated heterocycles. The van der Waals surface area contributed by atoms with Gasteiger partial charge in [0.15, 0.2) is 5.83 Å². The molecule has 1 rings (SSSR count). The maximum absolute atomic E-state index is 12.9. The lowest BCUT2D eigenvalue weighted by Crippen LogP contribution is -2.17. The van der Waals surface area contributed by atoms with Crippen LogP contribution in [0.15, 0.2) is 22.4 Å². The average molecular weight is 333 g/mol. The normalized spacial score (nSPS) is 12.7. The minimum atomic E-state index is -4.76. The van der Waals surface area contributed by atoms with Crippen molar-refractivity contribution in [3.05, 3.63) is 28.1 Å². The molecule has 1 aromatic heterocycles. The summed E-state index contributed by atoms with van der Waals surface area (Å²) in [5.74, 6) is -1.10. The van der Waals surface area contributed by atoms with Crippen LogP contribution < -0.4 is 4.74 Å². The summed E-state index contributed by atoms with van der Waals surface area (Å²) >= 11 is 1.66. The van der Waals surface area contributed by atoms with E-state index >= 15 is 0 Å². The number of pyridine rings is 1. The lowest BCUT2D eigenvalue weighted by Gasteiger charge is -2.07. The second-order valence-corrected chi connectivity index (χ2v) is 3.01. The molecule has 15 heavy (non-hydrogen) atoms. The molecule has 1 heterocycles. The van der Waals surface area contributed by atoms with Gasteiger partial charge < -0.3 is 4.74 Å². The first kappa shape index (κ1) is 12.2. The molecule has 0 aliphatic heterocycles. The van der Waals surface area contributed by atoms with Crippen molar-refractivity contribution < 1.29 is 22.3 Å². The van der Waals surface area contributed by atoms with E-state index in [-0.39, 0.29) is 5.69 Å². The molecule has 2 nitrogen and oxygen atoms in total. The van der Waals surface area contributed by atoms with Gasteiger partial charge in [-0.2, -0.15) is 0 Å². The van der Waals surface area contributed by atoms with Gasteiger partial charge in [-0.25, -0.2) is 9.37 Å². The van der Waals surface area contributed by atoms with Crippen molar-refractivity contribution in [3.63, 3.8) is 0 Å². The molecule has 0 atom stereocenters. The van der Waals surface area contributed by atoms with Gasteiger partial charge in [-0.15, -0.1) is 13.2 Å². The Morgan fingerprint density at radius 1 is 1.40 bits per heavy atom. The van der Waals surface area contributed by atoms with Gasteiger partial charge in [0, 0.05) is 4.08 Å². The van der Waals surface area contributed by atoms with Gasteiger partial charge in [-0.05, 0) is 34.7 Å². The molecule has 0 saturated carbocycles. The van der Waals surface area contributed by atoms with Gasteiger partial charge in [-0.3, -0.25) is 0 Å². The first-order valence-electron chi connectivity index (χ1n) is 3.60. The Kier molecular flexibility index (Phi) is 3.89. The van der Waals surface area contributed by atoms with E-state index in [2.05, 4.69) is 9.72 Å². The van der Waals surface area contributed by atoms with Crippen LogP contribution in [0, 0.1) is 0 Å². The van der Waals surface area contributed by atoms with Crippen molar-refractivity contribution in [2.45, 2.75) is 6.36 Å². The highest BCUT2D eigenvalue weighted by Crippen LogP contribution is 2.23. The van der Waals surface area contributed by atoms with Crippen LogP contribution in [0.5, 0.6) is 5.75 Å². The topological polar surface area (TPSA) is 22.1 Å². The predicted octanol–water partition coefficient (Wildman–Crippen LogP) is 3.68. The zero-order chi connectivity index (χ0) is 11.5. The Morgan fingerprint density at radius 2 is 2.07 bits per heavy atom. The van der Waals surface area contributed by atoms with Gasteiger partial charge in [-0.1, -0.05) is 0 Å². The van der Waals surface area contributed by atoms with Crippen LogP contribution in [0.4, 0.5) is 17.6 Å². The number of hydrogen-bond donors (Lipinski definition) is 0. The zero-order valence-corrected chi connectivity index (χ0v) is 9.21. The summed E-state index contributed by atoms with van der Waals surface area (Å²) in [6.45, 7) is 0. The molecule has 0 bridgehead atoms. The molecule has 1 aromatic rings. The summed E-state index contributed by atoms with van der Waals surface area (Å²) in [4.78, 5) is 3.46. The fourth-order valence-corrected chi connectivity index (χ4v) is 1.09. The molecule has 0 spiro atoms. The zero-order valence-electron chi connectivity index (χ0n) is 7.05. The quantitative estimate of drug-likeness (QED) is 0.608. The van der Waals surface area contributed by atoms with Crippen LogP contribution >= 0.6 is 22.6 Å². The molecule has 82 valence electrons. The molecule has 7 heteroatoms. The van der Waals surface area contributed by atoms with Crippen molar-refractivity contribution in [3.8, 4) is 5.75 Å². The van der Waals surface area contributed by atoms with E-state index in [1.54, 1.807) is 22.6 Å². The lowest BCUT2D eigenvalue weighted by molar-refractivity contribution is -0.274. The van der Waals surface area contributed by atoms with E-state index in [1.807, 2.05) is 0 Å². The molecular formula is C8H4F4INO. The smallest absolute Gasteiger partial charge is 0.404 e. The van der Waals surface area contributed by atoms with Gasteiger partial charge >= 0.3 is 6.36 Å². The summed E-state index contributed by atoms with van der Waals surface area (Å²) in [6, 6.07) is 2.10. The first-order chi connectivity index (χ1) is 6.92. The maximum atomic E-state index is 12.9. The van der Waals surface area contributed by atoms with Crippen LogP contribution in [0.1, 0.15) is 5.69 Å². The van der Waals surface area contributed by atoms with E-state index in [0.29, 0.717) is 0 Å². The monoisotopic (exact) mass is 333 g/mol. The standard InChI is InChI=1S/C8H4F4INO/c9-6(3-13)7-2-1-5(4-14-7)15-8(10,11)12/h1-4H. The number of ether oxygens (including phenoxy) is 1. The van der Waals surface area contributed by atoms with Gasteiger partial charge in [0.1, 0.15) is 5.75 Å². The fourth-order valence-electron chi connectivity index (χ4n) is 0.771. The Bertz CT molecular complexity index is 360. The number of hydrogen-bond acceptors (Lipinski definition) is 2. The highest BCUT2D eigenvalue weighted by Gasteiger charge is 2.31. The first-order valence-corrected chi connectivity index (χ1v) is 4.85. The van der Waals surface area contributed by atoms with Crippen molar-refractivity contribution >= 4 is 28.4 Å². The molecule has 0 amide bonds. The van der Waals surface area contributed by atoms with E-state index < -0.39 is 17.9 Å². The van der Waals surface area contributed by atoms with Crippen molar-refractivity contribution in [1.82, 2.24) is 4.98 Å².